The molecule has 0 aliphatic carbocycles. The van der Waals surface area contributed by atoms with Gasteiger partial charge in [0.05, 0.1) is 24.2 Å². The number of carbonyl (C=O) groups excluding carboxylic acids is 1. The van der Waals surface area contributed by atoms with Crippen molar-refractivity contribution in [2.45, 2.75) is 38.9 Å². The number of carbonyl (C=O) groups is 1. The molecule has 2 heterocycles. The van der Waals surface area contributed by atoms with Gasteiger partial charge in [-0.2, -0.15) is 5.10 Å². The van der Waals surface area contributed by atoms with Crippen molar-refractivity contribution in [3.63, 3.8) is 0 Å². The number of alkyl halides is 1. The SMILES string of the molecule is Cc1nc2n(n1)CC(N(Cc1c(F)ccc(Cl)c1F)C(=O)CCl)CC2. The van der Waals surface area contributed by atoms with Gasteiger partial charge in [-0.1, -0.05) is 11.6 Å². The van der Waals surface area contributed by atoms with Crippen molar-refractivity contribution in [3.8, 4) is 0 Å². The fourth-order valence-corrected chi connectivity index (χ4v) is 3.38. The Balaban J connectivity index is 1.89. The number of amides is 1. The summed E-state index contributed by atoms with van der Waals surface area (Å²) in [5.41, 5.74) is -0.244. The number of hydrogen-bond acceptors (Lipinski definition) is 3. The first kappa shape index (κ1) is 18.1. The normalized spacial score (nSPS) is 16.6. The maximum absolute atomic E-state index is 14.2. The Labute approximate surface area is 153 Å². The lowest BCUT2D eigenvalue weighted by Gasteiger charge is -2.34. The zero-order valence-electron chi connectivity index (χ0n) is 13.5. The Morgan fingerprint density at radius 3 is 2.92 bits per heavy atom. The molecule has 1 amide bonds. The van der Waals surface area contributed by atoms with Crippen LogP contribution in [0, 0.1) is 18.6 Å². The predicted molar refractivity (Wildman–Crippen MR) is 89.5 cm³/mol. The molecule has 0 fully saturated rings. The molecule has 0 N–H and O–H groups in total. The smallest absolute Gasteiger partial charge is 0.238 e. The molecule has 1 aliphatic heterocycles. The average Bonchev–Trinajstić information content (AvgIpc) is 2.97. The van der Waals surface area contributed by atoms with Crippen LogP contribution in [0.5, 0.6) is 0 Å². The number of nitrogens with zero attached hydrogens (tertiary/aromatic N) is 4. The molecule has 2 aromatic rings. The van der Waals surface area contributed by atoms with Gasteiger partial charge in [0.2, 0.25) is 5.91 Å². The number of fused-ring (bicyclic) bond motifs is 1. The van der Waals surface area contributed by atoms with Crippen molar-refractivity contribution < 1.29 is 13.6 Å². The summed E-state index contributed by atoms with van der Waals surface area (Å²) in [5.74, 6) is -0.788. The molecule has 5 nitrogen and oxygen atoms in total. The van der Waals surface area contributed by atoms with Crippen molar-refractivity contribution in [2.24, 2.45) is 0 Å². The fraction of sp³-hybridized carbons (Fsp3) is 0.438. The van der Waals surface area contributed by atoms with Gasteiger partial charge in [-0.05, 0) is 25.5 Å². The molecule has 3 rings (SSSR count). The number of halogens is 4. The van der Waals surface area contributed by atoms with Crippen LogP contribution in [0.2, 0.25) is 5.02 Å². The number of aryl methyl sites for hydroxylation is 2. The summed E-state index contributed by atoms with van der Waals surface area (Å²) in [6, 6.07) is 1.95. The van der Waals surface area contributed by atoms with Crippen molar-refractivity contribution in [1.82, 2.24) is 19.7 Å². The van der Waals surface area contributed by atoms with E-state index in [0.717, 1.165) is 18.0 Å². The second-order valence-corrected chi connectivity index (χ2v) is 6.60. The van der Waals surface area contributed by atoms with Crippen molar-refractivity contribution >= 4 is 29.1 Å². The standard InChI is InChI=1S/C16H16Cl2F2N4O/c1-9-21-14-5-2-10(7-24(14)22-9)23(15(25)6-17)8-11-13(19)4-3-12(18)16(11)20/h3-4,10H,2,5-8H2,1H3. The van der Waals surface area contributed by atoms with Crippen molar-refractivity contribution in [3.05, 3.63) is 46.0 Å². The lowest BCUT2D eigenvalue weighted by molar-refractivity contribution is -0.132. The first-order valence-corrected chi connectivity index (χ1v) is 8.70. The van der Waals surface area contributed by atoms with E-state index in [2.05, 4.69) is 10.1 Å². The largest absolute Gasteiger partial charge is 0.332 e. The molecule has 9 heteroatoms. The molecule has 0 radical (unpaired) electrons. The van der Waals surface area contributed by atoms with E-state index in [1.54, 1.807) is 11.6 Å². The summed E-state index contributed by atoms with van der Waals surface area (Å²) in [5, 5.41) is 4.10. The number of benzene rings is 1. The average molecular weight is 389 g/mol. The van der Waals surface area contributed by atoms with Crippen LogP contribution in [0.25, 0.3) is 0 Å². The van der Waals surface area contributed by atoms with Crippen molar-refractivity contribution in [1.29, 1.82) is 0 Å². The first-order chi connectivity index (χ1) is 11.9. The van der Waals surface area contributed by atoms with Crippen LogP contribution in [0.4, 0.5) is 8.78 Å². The van der Waals surface area contributed by atoms with E-state index in [-0.39, 0.29) is 29.1 Å². The van der Waals surface area contributed by atoms with E-state index in [9.17, 15) is 13.6 Å². The molecule has 1 aliphatic rings. The molecule has 25 heavy (non-hydrogen) atoms. The van der Waals surface area contributed by atoms with Gasteiger partial charge in [0.25, 0.3) is 0 Å². The van der Waals surface area contributed by atoms with Crippen LogP contribution in [-0.4, -0.2) is 37.5 Å². The quantitative estimate of drug-likeness (QED) is 0.597. The van der Waals surface area contributed by atoms with E-state index < -0.39 is 17.5 Å². The topological polar surface area (TPSA) is 51.0 Å². The van der Waals surface area contributed by atoms with Crippen LogP contribution in [0.1, 0.15) is 23.6 Å². The van der Waals surface area contributed by atoms with E-state index in [4.69, 9.17) is 23.2 Å². The minimum atomic E-state index is -0.859. The van der Waals surface area contributed by atoms with E-state index >= 15 is 0 Å². The van der Waals surface area contributed by atoms with Crippen LogP contribution < -0.4 is 0 Å². The molecule has 0 saturated carbocycles. The van der Waals surface area contributed by atoms with Crippen LogP contribution in [-0.2, 0) is 24.3 Å². The minimum Gasteiger partial charge on any atom is -0.332 e. The predicted octanol–water partition coefficient (Wildman–Crippen LogP) is 3.10. The highest BCUT2D eigenvalue weighted by molar-refractivity contribution is 6.30. The summed E-state index contributed by atoms with van der Waals surface area (Å²) in [6.07, 6.45) is 1.24. The number of aromatic nitrogens is 3. The lowest BCUT2D eigenvalue weighted by Crippen LogP contribution is -2.45. The van der Waals surface area contributed by atoms with Gasteiger partial charge in [0, 0.05) is 12.0 Å². The Kier molecular flexibility index (Phi) is 5.24. The highest BCUT2D eigenvalue weighted by Crippen LogP contribution is 2.26. The Morgan fingerprint density at radius 2 is 2.20 bits per heavy atom. The van der Waals surface area contributed by atoms with E-state index in [1.165, 1.54) is 4.90 Å². The monoisotopic (exact) mass is 388 g/mol. The molecule has 1 unspecified atom stereocenters. The maximum Gasteiger partial charge on any atom is 0.238 e. The van der Waals surface area contributed by atoms with Gasteiger partial charge < -0.3 is 4.90 Å². The molecular formula is C16H16Cl2F2N4O. The summed E-state index contributed by atoms with van der Waals surface area (Å²) in [6.45, 7) is 1.96. The zero-order valence-corrected chi connectivity index (χ0v) is 15.0. The molecule has 1 aromatic carbocycles. The molecule has 0 bridgehead atoms. The molecule has 1 atom stereocenters. The van der Waals surface area contributed by atoms with E-state index in [0.29, 0.717) is 25.2 Å². The van der Waals surface area contributed by atoms with Crippen LogP contribution >= 0.6 is 23.2 Å². The molecular weight excluding hydrogens is 373 g/mol. The van der Waals surface area contributed by atoms with Gasteiger partial charge in [-0.25, -0.2) is 18.4 Å². The van der Waals surface area contributed by atoms with Gasteiger partial charge >= 0.3 is 0 Å². The highest BCUT2D eigenvalue weighted by Gasteiger charge is 2.30. The fourth-order valence-electron chi connectivity index (χ4n) is 3.05. The number of rotatable bonds is 4. The number of hydrogen-bond donors (Lipinski definition) is 0. The van der Waals surface area contributed by atoms with Crippen LogP contribution in [0.3, 0.4) is 0 Å². The van der Waals surface area contributed by atoms with Gasteiger partial charge in [-0.3, -0.25) is 4.79 Å². The summed E-state index contributed by atoms with van der Waals surface area (Å²) < 4.78 is 30.0. The third kappa shape index (κ3) is 3.62. The lowest BCUT2D eigenvalue weighted by atomic mass is 10.0. The summed E-state index contributed by atoms with van der Waals surface area (Å²) in [7, 11) is 0. The van der Waals surface area contributed by atoms with Crippen molar-refractivity contribution in [2.75, 3.05) is 5.88 Å². The third-order valence-corrected chi connectivity index (χ3v) is 4.80. The first-order valence-electron chi connectivity index (χ1n) is 7.78. The molecule has 1 aromatic heterocycles. The Hall–Kier alpha value is -1.73. The molecule has 134 valence electrons. The molecule has 0 spiro atoms. The third-order valence-electron chi connectivity index (χ3n) is 4.28. The maximum atomic E-state index is 14.2. The van der Waals surface area contributed by atoms with Crippen LogP contribution in [0.15, 0.2) is 12.1 Å². The van der Waals surface area contributed by atoms with Gasteiger partial charge in [0.15, 0.2) is 0 Å². The molecule has 0 saturated heterocycles. The van der Waals surface area contributed by atoms with Gasteiger partial charge in [-0.15, -0.1) is 11.6 Å². The second-order valence-electron chi connectivity index (χ2n) is 5.93. The van der Waals surface area contributed by atoms with Gasteiger partial charge in [0.1, 0.15) is 29.2 Å². The Bertz CT molecular complexity index is 812. The summed E-state index contributed by atoms with van der Waals surface area (Å²) >= 11 is 11.5. The minimum absolute atomic E-state index is 0.187. The summed E-state index contributed by atoms with van der Waals surface area (Å²) in [4.78, 5) is 18.0. The second kappa shape index (κ2) is 7.25. The Morgan fingerprint density at radius 1 is 1.44 bits per heavy atom. The van der Waals surface area contributed by atoms with E-state index in [1.807, 2.05) is 0 Å². The highest BCUT2D eigenvalue weighted by atomic mass is 35.5. The zero-order chi connectivity index (χ0) is 18.1.